The van der Waals surface area contributed by atoms with Crippen molar-refractivity contribution in [3.8, 4) is 0 Å². The van der Waals surface area contributed by atoms with Crippen LogP contribution in [0.25, 0.3) is 10.8 Å². The molecule has 1 saturated heterocycles. The van der Waals surface area contributed by atoms with Crippen molar-refractivity contribution < 1.29 is 9.53 Å². The third-order valence-corrected chi connectivity index (χ3v) is 6.16. The Bertz CT molecular complexity index is 742. The lowest BCUT2D eigenvalue weighted by Gasteiger charge is -2.22. The minimum Gasteiger partial charge on any atom is -0.378 e. The largest absolute Gasteiger partial charge is 0.378 e. The monoisotopic (exact) mass is 381 g/mol. The second kappa shape index (κ2) is 10.7. The van der Waals surface area contributed by atoms with Crippen molar-refractivity contribution in [1.29, 1.82) is 0 Å². The van der Waals surface area contributed by atoms with Gasteiger partial charge in [0.05, 0.1) is 6.10 Å². The fourth-order valence-corrected chi connectivity index (χ4v) is 4.43. The van der Waals surface area contributed by atoms with E-state index in [2.05, 4.69) is 61.2 Å². The highest BCUT2D eigenvalue weighted by Gasteiger charge is 2.26. The highest BCUT2D eigenvalue weighted by molar-refractivity contribution is 5.87. The number of ether oxygens (including phenoxy) is 1. The number of rotatable bonds is 11. The summed E-state index contributed by atoms with van der Waals surface area (Å²) in [5, 5.41) is 2.53. The average Bonchev–Trinajstić information content (AvgIpc) is 3.24. The van der Waals surface area contributed by atoms with Crippen LogP contribution in [0.5, 0.6) is 0 Å². The van der Waals surface area contributed by atoms with Gasteiger partial charge >= 0.3 is 0 Å². The first kappa shape index (κ1) is 21.0. The van der Waals surface area contributed by atoms with Crippen LogP contribution in [-0.2, 0) is 16.0 Å². The normalized spacial score (nSPS) is 18.0. The predicted molar refractivity (Wildman–Crippen MR) is 117 cm³/mol. The Morgan fingerprint density at radius 2 is 1.93 bits per heavy atom. The molecular formula is C25H35NO2. The van der Waals surface area contributed by atoms with E-state index in [1.165, 1.54) is 16.3 Å². The van der Waals surface area contributed by atoms with Gasteiger partial charge in [0.1, 0.15) is 5.78 Å². The molecule has 152 valence electrons. The van der Waals surface area contributed by atoms with Crippen molar-refractivity contribution in [3.63, 3.8) is 0 Å². The van der Waals surface area contributed by atoms with E-state index in [1.807, 2.05) is 0 Å². The molecule has 1 aliphatic rings. The highest BCUT2D eigenvalue weighted by atomic mass is 16.5. The zero-order valence-corrected chi connectivity index (χ0v) is 17.5. The molecular weight excluding hydrogens is 346 g/mol. The van der Waals surface area contributed by atoms with Crippen molar-refractivity contribution in [3.05, 3.63) is 48.0 Å². The van der Waals surface area contributed by atoms with Gasteiger partial charge in [0.25, 0.3) is 0 Å². The van der Waals surface area contributed by atoms with Gasteiger partial charge < -0.3 is 9.64 Å². The number of hydrogen-bond acceptors (Lipinski definition) is 3. The molecule has 0 radical (unpaired) electrons. The van der Waals surface area contributed by atoms with E-state index in [-0.39, 0.29) is 12.0 Å². The minimum absolute atomic E-state index is 0.0607. The summed E-state index contributed by atoms with van der Waals surface area (Å²) < 4.78 is 5.88. The van der Waals surface area contributed by atoms with Crippen molar-refractivity contribution in [2.45, 2.75) is 58.5 Å². The Labute approximate surface area is 170 Å². The van der Waals surface area contributed by atoms with Crippen molar-refractivity contribution in [2.24, 2.45) is 5.92 Å². The molecule has 2 aromatic carbocycles. The van der Waals surface area contributed by atoms with Gasteiger partial charge in [-0.05, 0) is 68.1 Å². The van der Waals surface area contributed by atoms with Gasteiger partial charge in [-0.25, -0.2) is 0 Å². The van der Waals surface area contributed by atoms with Crippen molar-refractivity contribution in [1.82, 2.24) is 4.90 Å². The van der Waals surface area contributed by atoms with Crippen molar-refractivity contribution in [2.75, 3.05) is 26.2 Å². The standard InChI is InChI=1S/C25H35NO2/c1-3-26(4-2)16-8-15-25(27)22(19-23-13-9-17-28-23)18-21-12-7-11-20-10-5-6-14-24(20)21/h5-7,10-12,14,22-23H,3-4,8-9,13,15-19H2,1-2H3. The molecule has 0 saturated carbocycles. The molecule has 1 aliphatic heterocycles. The molecule has 2 aromatic rings. The number of fused-ring (bicyclic) bond motifs is 1. The summed E-state index contributed by atoms with van der Waals surface area (Å²) in [6, 6.07) is 15.0. The van der Waals surface area contributed by atoms with E-state index in [0.717, 1.165) is 58.3 Å². The molecule has 0 bridgehead atoms. The first-order valence-electron chi connectivity index (χ1n) is 11.0. The number of nitrogens with zero attached hydrogens (tertiary/aromatic N) is 1. The molecule has 28 heavy (non-hydrogen) atoms. The molecule has 0 aromatic heterocycles. The summed E-state index contributed by atoms with van der Waals surface area (Å²) >= 11 is 0. The quantitative estimate of drug-likeness (QED) is 0.532. The topological polar surface area (TPSA) is 29.5 Å². The summed E-state index contributed by atoms with van der Waals surface area (Å²) in [4.78, 5) is 15.6. The van der Waals surface area contributed by atoms with Gasteiger partial charge in [-0.3, -0.25) is 4.79 Å². The lowest BCUT2D eigenvalue weighted by molar-refractivity contribution is -0.124. The smallest absolute Gasteiger partial charge is 0.136 e. The van der Waals surface area contributed by atoms with Gasteiger partial charge in [0.15, 0.2) is 0 Å². The maximum atomic E-state index is 13.2. The number of benzene rings is 2. The molecule has 1 heterocycles. The molecule has 0 N–H and O–H groups in total. The second-order valence-electron chi connectivity index (χ2n) is 8.01. The number of carbonyl (C=O) groups is 1. The lowest BCUT2D eigenvalue weighted by atomic mass is 9.86. The first-order chi connectivity index (χ1) is 13.7. The molecule has 3 nitrogen and oxygen atoms in total. The zero-order valence-electron chi connectivity index (χ0n) is 17.5. The second-order valence-corrected chi connectivity index (χ2v) is 8.01. The molecule has 3 rings (SSSR count). The summed E-state index contributed by atoms with van der Waals surface area (Å²) in [6.07, 6.45) is 5.81. The SMILES string of the molecule is CCN(CC)CCCC(=O)C(Cc1cccc2ccccc12)CC1CCCO1. The highest BCUT2D eigenvalue weighted by Crippen LogP contribution is 2.27. The fourth-order valence-electron chi connectivity index (χ4n) is 4.43. The van der Waals surface area contributed by atoms with E-state index in [9.17, 15) is 4.79 Å². The molecule has 2 unspecified atom stereocenters. The fraction of sp³-hybridized carbons (Fsp3) is 0.560. The third kappa shape index (κ3) is 5.65. The van der Waals surface area contributed by atoms with Crippen LogP contribution in [0.1, 0.15) is 51.5 Å². The van der Waals surface area contributed by atoms with Crippen LogP contribution >= 0.6 is 0 Å². The Kier molecular flexibility index (Phi) is 8.05. The third-order valence-electron chi connectivity index (χ3n) is 6.16. The van der Waals surface area contributed by atoms with Crippen molar-refractivity contribution >= 4 is 16.6 Å². The summed E-state index contributed by atoms with van der Waals surface area (Å²) in [6.45, 7) is 8.35. The van der Waals surface area contributed by atoms with E-state index in [0.29, 0.717) is 12.2 Å². The molecule has 3 heteroatoms. The van der Waals surface area contributed by atoms with Crippen LogP contribution < -0.4 is 0 Å². The predicted octanol–water partition coefficient (Wildman–Crippen LogP) is 5.26. The van der Waals surface area contributed by atoms with Crippen LogP contribution in [0.2, 0.25) is 0 Å². The maximum absolute atomic E-state index is 13.2. The Morgan fingerprint density at radius 3 is 2.68 bits per heavy atom. The maximum Gasteiger partial charge on any atom is 0.136 e. The molecule has 0 aliphatic carbocycles. The molecule has 0 amide bonds. The van der Waals surface area contributed by atoms with Crippen LogP contribution in [-0.4, -0.2) is 43.0 Å². The zero-order chi connectivity index (χ0) is 19.8. The van der Waals surface area contributed by atoms with Gasteiger partial charge in [-0.1, -0.05) is 56.3 Å². The Morgan fingerprint density at radius 1 is 1.14 bits per heavy atom. The van der Waals surface area contributed by atoms with Crippen LogP contribution in [0, 0.1) is 5.92 Å². The van der Waals surface area contributed by atoms with E-state index in [1.54, 1.807) is 0 Å². The number of carbonyl (C=O) groups excluding carboxylic acids is 1. The van der Waals surface area contributed by atoms with E-state index in [4.69, 9.17) is 4.74 Å². The Hall–Kier alpha value is -1.71. The van der Waals surface area contributed by atoms with E-state index >= 15 is 0 Å². The first-order valence-corrected chi connectivity index (χ1v) is 11.0. The summed E-state index contributed by atoms with van der Waals surface area (Å²) in [5.74, 6) is 0.473. The minimum atomic E-state index is 0.0607. The molecule has 0 spiro atoms. The lowest BCUT2D eigenvalue weighted by Crippen LogP contribution is -2.27. The van der Waals surface area contributed by atoms with E-state index < -0.39 is 0 Å². The summed E-state index contributed by atoms with van der Waals surface area (Å²) in [5.41, 5.74) is 1.29. The van der Waals surface area contributed by atoms with Crippen LogP contribution in [0.15, 0.2) is 42.5 Å². The Balaban J connectivity index is 1.69. The molecule has 2 atom stereocenters. The van der Waals surface area contributed by atoms with Crippen LogP contribution in [0.4, 0.5) is 0 Å². The summed E-state index contributed by atoms with van der Waals surface area (Å²) in [7, 11) is 0. The van der Waals surface area contributed by atoms with Gasteiger partial charge in [-0.15, -0.1) is 0 Å². The number of Topliss-reactive ketones (excluding diaryl/α,β-unsaturated/α-hetero) is 1. The van der Waals surface area contributed by atoms with Gasteiger partial charge in [-0.2, -0.15) is 0 Å². The average molecular weight is 382 g/mol. The molecule has 1 fully saturated rings. The van der Waals surface area contributed by atoms with Gasteiger partial charge in [0.2, 0.25) is 0 Å². The number of hydrogen-bond donors (Lipinski definition) is 0. The van der Waals surface area contributed by atoms with Crippen LogP contribution in [0.3, 0.4) is 0 Å². The van der Waals surface area contributed by atoms with Gasteiger partial charge in [0, 0.05) is 18.9 Å². The number of ketones is 1.